The zero-order valence-corrected chi connectivity index (χ0v) is 14.9. The van der Waals surface area contributed by atoms with E-state index in [-0.39, 0.29) is 5.56 Å². The molecule has 0 aliphatic rings. The van der Waals surface area contributed by atoms with Crippen molar-refractivity contribution in [2.45, 2.75) is 6.92 Å². The summed E-state index contributed by atoms with van der Waals surface area (Å²) in [5.41, 5.74) is 0.384. The number of anilines is 2. The van der Waals surface area contributed by atoms with E-state index in [1.165, 1.54) is 24.3 Å². The number of hydrogen-bond donors (Lipinski definition) is 4. The number of nitrogens with zero attached hydrogens (tertiary/aromatic N) is 1. The number of rotatable bonds is 4. The van der Waals surface area contributed by atoms with Crippen molar-refractivity contribution in [3.63, 3.8) is 0 Å². The molecule has 9 heteroatoms. The molecule has 5 N–H and O–H groups in total. The van der Waals surface area contributed by atoms with Gasteiger partial charge in [-0.1, -0.05) is 18.2 Å². The molecule has 1 aromatic heterocycles. The maximum atomic E-state index is 12.6. The highest BCUT2D eigenvalue weighted by molar-refractivity contribution is 6.07. The van der Waals surface area contributed by atoms with Crippen LogP contribution in [0.15, 0.2) is 64.3 Å². The number of aryl methyl sites for hydroxylation is 1. The van der Waals surface area contributed by atoms with Crippen molar-refractivity contribution in [3.05, 3.63) is 92.3 Å². The van der Waals surface area contributed by atoms with Gasteiger partial charge in [0.1, 0.15) is 5.56 Å². The summed E-state index contributed by atoms with van der Waals surface area (Å²) in [7, 11) is 0. The molecule has 0 atom stereocenters. The van der Waals surface area contributed by atoms with Crippen molar-refractivity contribution in [3.8, 4) is 0 Å². The summed E-state index contributed by atoms with van der Waals surface area (Å²) in [6.07, 6.45) is 1.03. The largest absolute Gasteiger partial charge is 0.325 e. The van der Waals surface area contributed by atoms with Gasteiger partial charge in [0, 0.05) is 17.4 Å². The molecule has 1 heterocycles. The van der Waals surface area contributed by atoms with Crippen LogP contribution in [0.4, 0.5) is 11.4 Å². The van der Waals surface area contributed by atoms with E-state index in [9.17, 15) is 19.2 Å². The minimum atomic E-state index is -0.801. The monoisotopic (exact) mass is 379 g/mol. The molecule has 0 spiro atoms. The van der Waals surface area contributed by atoms with Gasteiger partial charge >= 0.3 is 5.69 Å². The van der Waals surface area contributed by atoms with Crippen molar-refractivity contribution in [1.82, 2.24) is 9.97 Å². The van der Waals surface area contributed by atoms with Crippen LogP contribution in [-0.2, 0) is 0 Å². The van der Waals surface area contributed by atoms with E-state index in [4.69, 9.17) is 5.84 Å². The molecule has 142 valence electrons. The number of carbonyl (C=O) groups is 2. The molecular formula is C19H17N5O4. The van der Waals surface area contributed by atoms with Crippen molar-refractivity contribution in [2.75, 3.05) is 10.3 Å². The van der Waals surface area contributed by atoms with Crippen LogP contribution in [0.1, 0.15) is 26.3 Å². The second kappa shape index (κ2) is 7.72. The molecule has 0 bridgehead atoms. The average Bonchev–Trinajstić information content (AvgIpc) is 2.67. The predicted molar refractivity (Wildman–Crippen MR) is 104 cm³/mol. The van der Waals surface area contributed by atoms with E-state index in [0.29, 0.717) is 16.9 Å². The SMILES string of the molecule is Cc1ccccc1N(N)C(=O)c1ccc(NC(=O)c2c[nH]c(=O)[nH]c2=O)cc1. The maximum absolute atomic E-state index is 12.6. The van der Waals surface area contributed by atoms with Gasteiger partial charge in [0.25, 0.3) is 17.4 Å². The van der Waals surface area contributed by atoms with Crippen molar-refractivity contribution < 1.29 is 9.59 Å². The number of amides is 2. The van der Waals surface area contributed by atoms with Crippen LogP contribution in [-0.4, -0.2) is 21.8 Å². The van der Waals surface area contributed by atoms with Gasteiger partial charge < -0.3 is 10.3 Å². The topological polar surface area (TPSA) is 141 Å². The first-order valence-corrected chi connectivity index (χ1v) is 8.25. The van der Waals surface area contributed by atoms with Crippen molar-refractivity contribution in [1.29, 1.82) is 0 Å². The Bertz CT molecular complexity index is 1150. The Morgan fingerprint density at radius 1 is 1.04 bits per heavy atom. The quantitative estimate of drug-likeness (QED) is 0.306. The molecule has 2 amide bonds. The van der Waals surface area contributed by atoms with Crippen LogP contribution in [0.3, 0.4) is 0 Å². The lowest BCUT2D eigenvalue weighted by molar-refractivity contribution is 0.0985. The molecule has 3 aromatic rings. The Labute approximate surface area is 158 Å². The number of nitrogens with two attached hydrogens (primary N) is 1. The average molecular weight is 379 g/mol. The second-order valence-corrected chi connectivity index (χ2v) is 5.98. The van der Waals surface area contributed by atoms with Gasteiger partial charge in [-0.25, -0.2) is 15.6 Å². The molecule has 0 fully saturated rings. The molecule has 0 unspecified atom stereocenters. The molecule has 0 aliphatic carbocycles. The number of nitrogens with one attached hydrogen (secondary N) is 3. The van der Waals surface area contributed by atoms with Crippen molar-refractivity contribution in [2.24, 2.45) is 5.84 Å². The summed E-state index contributed by atoms with van der Waals surface area (Å²) in [5.74, 6) is 4.83. The van der Waals surface area contributed by atoms with Gasteiger partial charge in [0.15, 0.2) is 0 Å². The van der Waals surface area contributed by atoms with Crippen molar-refractivity contribution >= 4 is 23.2 Å². The minimum absolute atomic E-state index is 0.243. The van der Waals surface area contributed by atoms with E-state index < -0.39 is 23.1 Å². The van der Waals surface area contributed by atoms with Gasteiger partial charge in [-0.05, 0) is 42.8 Å². The first-order chi connectivity index (χ1) is 13.4. The van der Waals surface area contributed by atoms with E-state index in [1.807, 2.05) is 24.0 Å². The van der Waals surface area contributed by atoms with E-state index >= 15 is 0 Å². The number of aromatic amines is 2. The highest BCUT2D eigenvalue weighted by Crippen LogP contribution is 2.19. The molecule has 28 heavy (non-hydrogen) atoms. The summed E-state index contributed by atoms with van der Waals surface area (Å²) in [5, 5.41) is 3.58. The number of H-pyrrole nitrogens is 2. The Morgan fingerprint density at radius 3 is 2.36 bits per heavy atom. The van der Waals surface area contributed by atoms with Gasteiger partial charge in [0.05, 0.1) is 5.69 Å². The Morgan fingerprint density at radius 2 is 1.71 bits per heavy atom. The van der Waals surface area contributed by atoms with Gasteiger partial charge in [-0.3, -0.25) is 19.4 Å². The first kappa shape index (κ1) is 18.8. The summed E-state index contributed by atoms with van der Waals surface area (Å²) in [6, 6.07) is 13.3. The molecule has 9 nitrogen and oxygen atoms in total. The first-order valence-electron chi connectivity index (χ1n) is 8.25. The number of hydrazine groups is 1. The fraction of sp³-hybridized carbons (Fsp3) is 0.0526. The van der Waals surface area contributed by atoms with E-state index in [0.717, 1.165) is 16.8 Å². The van der Waals surface area contributed by atoms with E-state index in [1.54, 1.807) is 12.1 Å². The maximum Gasteiger partial charge on any atom is 0.325 e. The predicted octanol–water partition coefficient (Wildman–Crippen LogP) is 1.14. The molecule has 0 saturated heterocycles. The third-order valence-corrected chi connectivity index (χ3v) is 4.05. The molecule has 0 saturated carbocycles. The normalized spacial score (nSPS) is 10.4. The lowest BCUT2D eigenvalue weighted by Crippen LogP contribution is -2.37. The number of para-hydroxylation sites is 1. The van der Waals surface area contributed by atoms with Crippen LogP contribution in [0.5, 0.6) is 0 Å². The number of benzene rings is 2. The van der Waals surface area contributed by atoms with Crippen LogP contribution in [0.25, 0.3) is 0 Å². The van der Waals surface area contributed by atoms with Gasteiger partial charge in [0.2, 0.25) is 0 Å². The molecule has 0 radical (unpaired) electrons. The Balaban J connectivity index is 1.75. The zero-order chi connectivity index (χ0) is 20.3. The third kappa shape index (κ3) is 3.89. The highest BCUT2D eigenvalue weighted by Gasteiger charge is 2.16. The summed E-state index contributed by atoms with van der Waals surface area (Å²) >= 11 is 0. The molecular weight excluding hydrogens is 362 g/mol. The summed E-state index contributed by atoms with van der Waals surface area (Å²) in [6.45, 7) is 1.85. The van der Waals surface area contributed by atoms with Gasteiger partial charge in [-0.15, -0.1) is 0 Å². The van der Waals surface area contributed by atoms with E-state index in [2.05, 4.69) is 10.3 Å². The number of aromatic nitrogens is 2. The number of carbonyl (C=O) groups excluding carboxylic acids is 2. The lowest BCUT2D eigenvalue weighted by Gasteiger charge is -2.19. The standard InChI is InChI=1S/C19H17N5O4/c1-11-4-2-3-5-15(11)24(20)18(27)12-6-8-13(9-7-12)22-16(25)14-10-21-19(28)23-17(14)26/h2-10H,20H2,1H3,(H,22,25)(H2,21,23,26,28). The minimum Gasteiger partial charge on any atom is -0.322 e. The zero-order valence-electron chi connectivity index (χ0n) is 14.9. The summed E-state index contributed by atoms with van der Waals surface area (Å²) in [4.78, 5) is 51.6. The van der Waals surface area contributed by atoms with Crippen LogP contribution in [0.2, 0.25) is 0 Å². The smallest absolute Gasteiger partial charge is 0.322 e. The molecule has 3 rings (SSSR count). The van der Waals surface area contributed by atoms with Crippen LogP contribution < -0.4 is 27.4 Å². The Hall–Kier alpha value is -3.98. The fourth-order valence-corrected chi connectivity index (χ4v) is 2.56. The Kier molecular flexibility index (Phi) is 5.18. The number of hydrogen-bond acceptors (Lipinski definition) is 5. The third-order valence-electron chi connectivity index (χ3n) is 4.05. The van der Waals surface area contributed by atoms with Crippen LogP contribution in [0, 0.1) is 6.92 Å². The fourth-order valence-electron chi connectivity index (χ4n) is 2.56. The second-order valence-electron chi connectivity index (χ2n) is 5.98. The highest BCUT2D eigenvalue weighted by atomic mass is 16.2. The van der Waals surface area contributed by atoms with Crippen LogP contribution >= 0.6 is 0 Å². The summed E-state index contributed by atoms with van der Waals surface area (Å²) < 4.78 is 0. The molecule has 0 aliphatic heterocycles. The van der Waals surface area contributed by atoms with Gasteiger partial charge in [-0.2, -0.15) is 0 Å². The lowest BCUT2D eigenvalue weighted by atomic mass is 10.1. The molecule has 2 aromatic carbocycles.